The van der Waals surface area contributed by atoms with E-state index in [-0.39, 0.29) is 18.4 Å². The van der Waals surface area contributed by atoms with Crippen LogP contribution in [0, 0.1) is 0 Å². The second-order valence-electron chi connectivity index (χ2n) is 4.89. The molecular formula is C16H28ClNO. The van der Waals surface area contributed by atoms with Crippen LogP contribution in [0.2, 0.25) is 0 Å². The molecule has 1 aromatic rings. The van der Waals surface area contributed by atoms with Crippen molar-refractivity contribution in [2.45, 2.75) is 58.4 Å². The van der Waals surface area contributed by atoms with Gasteiger partial charge < -0.3 is 10.5 Å². The van der Waals surface area contributed by atoms with Crippen molar-refractivity contribution < 1.29 is 4.74 Å². The summed E-state index contributed by atoms with van der Waals surface area (Å²) in [4.78, 5) is 0. The molecule has 0 fully saturated rings. The molecule has 0 amide bonds. The normalized spacial score (nSPS) is 11.7. The van der Waals surface area contributed by atoms with Crippen molar-refractivity contribution in [3.05, 3.63) is 29.8 Å². The van der Waals surface area contributed by atoms with Gasteiger partial charge in [0.25, 0.3) is 0 Å². The Morgan fingerprint density at radius 3 is 2.53 bits per heavy atom. The molecule has 2 N–H and O–H groups in total. The van der Waals surface area contributed by atoms with Crippen LogP contribution in [0.3, 0.4) is 0 Å². The fraction of sp³-hybridized carbons (Fsp3) is 0.625. The molecule has 3 heteroatoms. The predicted octanol–water partition coefficient (Wildman–Crippen LogP) is 4.35. The van der Waals surface area contributed by atoms with Crippen molar-refractivity contribution in [1.29, 1.82) is 0 Å². The molecule has 1 atom stereocenters. The first-order valence-electron chi connectivity index (χ1n) is 7.24. The lowest BCUT2D eigenvalue weighted by Gasteiger charge is -2.14. The molecule has 0 bridgehead atoms. The van der Waals surface area contributed by atoms with Crippen molar-refractivity contribution in [3.63, 3.8) is 0 Å². The third-order valence-electron chi connectivity index (χ3n) is 3.23. The summed E-state index contributed by atoms with van der Waals surface area (Å²) in [6.07, 6.45) is 6.87. The maximum absolute atomic E-state index is 6.01. The molecule has 2 nitrogen and oxygen atoms in total. The topological polar surface area (TPSA) is 35.2 Å². The predicted molar refractivity (Wildman–Crippen MR) is 85.3 cm³/mol. The highest BCUT2D eigenvalue weighted by atomic mass is 35.5. The number of unbranched alkanes of at least 4 members (excludes halogenated alkanes) is 3. The van der Waals surface area contributed by atoms with E-state index in [1.54, 1.807) is 0 Å². The van der Waals surface area contributed by atoms with Crippen molar-refractivity contribution in [3.8, 4) is 5.75 Å². The second kappa shape index (κ2) is 11.1. The van der Waals surface area contributed by atoms with E-state index in [0.29, 0.717) is 0 Å². The summed E-state index contributed by atoms with van der Waals surface area (Å²) in [5, 5.41) is 0. The molecule has 1 rings (SSSR count). The first-order valence-corrected chi connectivity index (χ1v) is 7.24. The molecule has 0 saturated heterocycles. The fourth-order valence-corrected chi connectivity index (χ4v) is 1.95. The van der Waals surface area contributed by atoms with Gasteiger partial charge in [-0.15, -0.1) is 12.4 Å². The van der Waals surface area contributed by atoms with Gasteiger partial charge in [0.2, 0.25) is 0 Å². The Bertz CT molecular complexity index is 330. The van der Waals surface area contributed by atoms with Crippen LogP contribution in [0.25, 0.3) is 0 Å². The number of hydrogen-bond acceptors (Lipinski definition) is 2. The monoisotopic (exact) mass is 285 g/mol. The molecule has 0 saturated carbocycles. The molecule has 0 heterocycles. The second-order valence-corrected chi connectivity index (χ2v) is 4.89. The standard InChI is InChI=1S/C16H27NO.ClH/c1-3-5-6-9-12-18-16-11-8-7-10-14(16)13-15(17)4-2;/h7-8,10-11,15H,3-6,9,12-13,17H2,1-2H3;1H. The van der Waals surface area contributed by atoms with Gasteiger partial charge in [0.15, 0.2) is 0 Å². The maximum atomic E-state index is 6.01. The molecule has 110 valence electrons. The molecule has 0 aliphatic heterocycles. The molecule has 0 aliphatic carbocycles. The number of hydrogen-bond donors (Lipinski definition) is 1. The van der Waals surface area contributed by atoms with Crippen LogP contribution in [-0.2, 0) is 6.42 Å². The van der Waals surface area contributed by atoms with Gasteiger partial charge >= 0.3 is 0 Å². The minimum atomic E-state index is 0. The van der Waals surface area contributed by atoms with Gasteiger partial charge in [-0.2, -0.15) is 0 Å². The van der Waals surface area contributed by atoms with Crippen molar-refractivity contribution >= 4 is 12.4 Å². The Morgan fingerprint density at radius 2 is 1.84 bits per heavy atom. The first-order chi connectivity index (χ1) is 8.77. The fourth-order valence-electron chi connectivity index (χ4n) is 1.95. The lowest BCUT2D eigenvalue weighted by Crippen LogP contribution is -2.21. The summed E-state index contributed by atoms with van der Waals surface area (Å²) < 4.78 is 5.87. The Labute approximate surface area is 124 Å². The van der Waals surface area contributed by atoms with Crippen LogP contribution in [0.15, 0.2) is 24.3 Å². The van der Waals surface area contributed by atoms with Gasteiger partial charge in [0, 0.05) is 6.04 Å². The van der Waals surface area contributed by atoms with Crippen LogP contribution in [-0.4, -0.2) is 12.6 Å². The smallest absolute Gasteiger partial charge is 0.122 e. The number of para-hydroxylation sites is 1. The minimum Gasteiger partial charge on any atom is -0.493 e. The quantitative estimate of drug-likeness (QED) is 0.685. The van der Waals surface area contributed by atoms with E-state index in [1.165, 1.54) is 24.8 Å². The summed E-state index contributed by atoms with van der Waals surface area (Å²) in [6, 6.07) is 8.49. The molecule has 1 aromatic carbocycles. The van der Waals surface area contributed by atoms with Gasteiger partial charge in [-0.3, -0.25) is 0 Å². The van der Waals surface area contributed by atoms with Crippen LogP contribution in [0.5, 0.6) is 5.75 Å². The Kier molecular flexibility index (Phi) is 10.7. The highest BCUT2D eigenvalue weighted by Crippen LogP contribution is 2.20. The molecule has 1 unspecified atom stereocenters. The highest BCUT2D eigenvalue weighted by molar-refractivity contribution is 5.85. The zero-order valence-corrected chi connectivity index (χ0v) is 13.0. The van der Waals surface area contributed by atoms with Crippen LogP contribution >= 0.6 is 12.4 Å². The Hall–Kier alpha value is -0.730. The summed E-state index contributed by atoms with van der Waals surface area (Å²) in [7, 11) is 0. The van der Waals surface area contributed by atoms with Gasteiger partial charge in [0.05, 0.1) is 6.61 Å². The zero-order chi connectivity index (χ0) is 13.2. The maximum Gasteiger partial charge on any atom is 0.122 e. The summed E-state index contributed by atoms with van der Waals surface area (Å²) in [6.45, 7) is 5.17. The minimum absolute atomic E-state index is 0. The average Bonchev–Trinajstić information content (AvgIpc) is 2.40. The number of benzene rings is 1. The number of ether oxygens (including phenoxy) is 1. The summed E-state index contributed by atoms with van der Waals surface area (Å²) in [5.74, 6) is 1.01. The van der Waals surface area contributed by atoms with Gasteiger partial charge in [-0.05, 0) is 30.9 Å². The molecular weight excluding hydrogens is 258 g/mol. The molecule has 0 spiro atoms. The third-order valence-corrected chi connectivity index (χ3v) is 3.23. The zero-order valence-electron chi connectivity index (χ0n) is 12.2. The van der Waals surface area contributed by atoms with Crippen LogP contribution in [0.1, 0.15) is 51.5 Å². The summed E-state index contributed by atoms with van der Waals surface area (Å²) >= 11 is 0. The van der Waals surface area contributed by atoms with Gasteiger partial charge in [0.1, 0.15) is 5.75 Å². The first kappa shape index (κ1) is 18.3. The van der Waals surface area contributed by atoms with Crippen molar-refractivity contribution in [2.75, 3.05) is 6.61 Å². The molecule has 0 radical (unpaired) electrons. The van der Waals surface area contributed by atoms with E-state index in [1.807, 2.05) is 6.07 Å². The van der Waals surface area contributed by atoms with Crippen LogP contribution in [0.4, 0.5) is 0 Å². The van der Waals surface area contributed by atoms with E-state index in [4.69, 9.17) is 10.5 Å². The molecule has 19 heavy (non-hydrogen) atoms. The van der Waals surface area contributed by atoms with E-state index < -0.39 is 0 Å². The van der Waals surface area contributed by atoms with Crippen molar-refractivity contribution in [2.24, 2.45) is 5.73 Å². The average molecular weight is 286 g/mol. The van der Waals surface area contributed by atoms with E-state index in [9.17, 15) is 0 Å². The van der Waals surface area contributed by atoms with E-state index in [0.717, 1.165) is 31.6 Å². The van der Waals surface area contributed by atoms with Gasteiger partial charge in [-0.25, -0.2) is 0 Å². The number of rotatable bonds is 9. The Balaban J connectivity index is 0.00000324. The van der Waals surface area contributed by atoms with Crippen molar-refractivity contribution in [1.82, 2.24) is 0 Å². The number of halogens is 1. The third kappa shape index (κ3) is 7.44. The largest absolute Gasteiger partial charge is 0.493 e. The lowest BCUT2D eigenvalue weighted by molar-refractivity contribution is 0.301. The van der Waals surface area contributed by atoms with Crippen LogP contribution < -0.4 is 10.5 Å². The highest BCUT2D eigenvalue weighted by Gasteiger charge is 2.07. The number of nitrogens with two attached hydrogens (primary N) is 1. The Morgan fingerprint density at radius 1 is 1.11 bits per heavy atom. The molecule has 0 aromatic heterocycles. The SMILES string of the molecule is CCCCCCOc1ccccc1CC(N)CC.Cl. The van der Waals surface area contributed by atoms with Gasteiger partial charge in [-0.1, -0.05) is 51.3 Å². The van der Waals surface area contributed by atoms with E-state index in [2.05, 4.69) is 32.0 Å². The summed E-state index contributed by atoms with van der Waals surface area (Å²) in [5.41, 5.74) is 7.25. The lowest BCUT2D eigenvalue weighted by atomic mass is 10.0. The molecule has 0 aliphatic rings. The van der Waals surface area contributed by atoms with E-state index >= 15 is 0 Å².